The second-order valence-electron chi connectivity index (χ2n) is 7.01. The fourth-order valence-electron chi connectivity index (χ4n) is 3.44. The fourth-order valence-corrected chi connectivity index (χ4v) is 3.44. The van der Waals surface area contributed by atoms with Gasteiger partial charge < -0.3 is 9.72 Å². The van der Waals surface area contributed by atoms with Crippen LogP contribution in [0.1, 0.15) is 21.6 Å². The van der Waals surface area contributed by atoms with Gasteiger partial charge in [0.2, 0.25) is 0 Å². The minimum absolute atomic E-state index is 0.0533. The van der Waals surface area contributed by atoms with Crippen LogP contribution >= 0.6 is 0 Å². The lowest BCUT2D eigenvalue weighted by Crippen LogP contribution is -2.21. The molecule has 0 aliphatic carbocycles. The summed E-state index contributed by atoms with van der Waals surface area (Å²) in [5.74, 6) is -0.613. The Morgan fingerprint density at radius 3 is 2.52 bits per heavy atom. The van der Waals surface area contributed by atoms with E-state index in [-0.39, 0.29) is 11.5 Å². The maximum Gasteiger partial charge on any atom is 0.434 e. The zero-order valence-electron chi connectivity index (χ0n) is 16.9. The van der Waals surface area contributed by atoms with E-state index in [2.05, 4.69) is 30.6 Å². The first-order chi connectivity index (χ1) is 15.8. The highest BCUT2D eigenvalue weighted by Crippen LogP contribution is 2.34. The van der Waals surface area contributed by atoms with Gasteiger partial charge in [0.1, 0.15) is 0 Å². The van der Waals surface area contributed by atoms with E-state index in [1.807, 2.05) is 0 Å². The Kier molecular flexibility index (Phi) is 4.65. The predicted molar refractivity (Wildman–Crippen MR) is 109 cm³/mol. The summed E-state index contributed by atoms with van der Waals surface area (Å²) in [6.45, 7) is 1.71. The number of carbonyl (C=O) groups excluding carboxylic acids is 1. The van der Waals surface area contributed by atoms with Crippen LogP contribution in [0.15, 0.2) is 61.6 Å². The Labute approximate surface area is 183 Å². The lowest BCUT2D eigenvalue weighted by Gasteiger charge is -2.13. The van der Waals surface area contributed by atoms with Gasteiger partial charge in [0.15, 0.2) is 17.3 Å². The molecule has 5 heterocycles. The second-order valence-corrected chi connectivity index (χ2v) is 7.01. The lowest BCUT2D eigenvalue weighted by molar-refractivity contribution is -0.143. The number of nitrogens with zero attached hydrogens (tertiary/aromatic N) is 8. The molecule has 1 N–H and O–H groups in total. The van der Waals surface area contributed by atoms with Crippen LogP contribution in [-0.4, -0.2) is 45.1 Å². The highest BCUT2D eigenvalue weighted by molar-refractivity contribution is 6.05. The van der Waals surface area contributed by atoms with Crippen molar-refractivity contribution < 1.29 is 18.0 Å². The van der Waals surface area contributed by atoms with Gasteiger partial charge in [-0.05, 0) is 30.7 Å². The molecule has 5 rings (SSSR count). The molecule has 0 atom stereocenters. The van der Waals surface area contributed by atoms with Gasteiger partial charge in [-0.25, -0.2) is 14.6 Å². The molecule has 33 heavy (non-hydrogen) atoms. The van der Waals surface area contributed by atoms with E-state index in [1.54, 1.807) is 41.9 Å². The molecular weight excluding hydrogens is 439 g/mol. The van der Waals surface area contributed by atoms with Gasteiger partial charge in [-0.3, -0.25) is 4.79 Å². The van der Waals surface area contributed by atoms with Crippen molar-refractivity contribution in [1.82, 2.24) is 39.1 Å². The van der Waals surface area contributed by atoms with E-state index in [0.717, 1.165) is 6.20 Å². The van der Waals surface area contributed by atoms with E-state index in [1.165, 1.54) is 29.6 Å². The lowest BCUT2D eigenvalue weighted by atomic mass is 10.2. The maximum atomic E-state index is 14.0. The molecule has 0 spiro atoms. The van der Waals surface area contributed by atoms with E-state index in [0.29, 0.717) is 21.6 Å². The monoisotopic (exact) mass is 453 g/mol. The van der Waals surface area contributed by atoms with E-state index < -0.39 is 23.3 Å². The SMILES string of the molecule is Cc1cc(NC(=O)c2cnn(-c3nccn4cccc34)c2C(F)(F)F)cnc1-n1nccn1. The van der Waals surface area contributed by atoms with Gasteiger partial charge >= 0.3 is 6.18 Å². The Balaban J connectivity index is 1.52. The van der Waals surface area contributed by atoms with Crippen LogP contribution in [0.25, 0.3) is 17.2 Å². The number of alkyl halides is 3. The van der Waals surface area contributed by atoms with Crippen LogP contribution in [0.2, 0.25) is 0 Å². The standard InChI is InChI=1S/C20H14F3N9O/c1-12-9-13(10-25-17(12)32-26-4-5-27-32)29-19(33)14-11-28-31(16(14)20(21,22)23)18-15-3-2-7-30(15)8-6-24-18/h2-11H,1H3,(H,29,33). The third-order valence-corrected chi connectivity index (χ3v) is 4.83. The van der Waals surface area contributed by atoms with Gasteiger partial charge in [0, 0.05) is 18.6 Å². The molecule has 0 aromatic carbocycles. The number of nitrogens with one attached hydrogen (secondary N) is 1. The summed E-state index contributed by atoms with van der Waals surface area (Å²) in [5, 5.41) is 14.3. The largest absolute Gasteiger partial charge is 0.434 e. The van der Waals surface area contributed by atoms with Crippen molar-refractivity contribution in [2.45, 2.75) is 13.1 Å². The minimum atomic E-state index is -4.87. The molecule has 0 saturated carbocycles. The molecule has 0 radical (unpaired) electrons. The zero-order chi connectivity index (χ0) is 23.2. The minimum Gasteiger partial charge on any atom is -0.320 e. The Morgan fingerprint density at radius 1 is 1.00 bits per heavy atom. The first-order valence-corrected chi connectivity index (χ1v) is 9.55. The van der Waals surface area contributed by atoms with Gasteiger partial charge in [-0.2, -0.15) is 28.5 Å². The average Bonchev–Trinajstić information content (AvgIpc) is 3.52. The summed E-state index contributed by atoms with van der Waals surface area (Å²) in [6.07, 6.45) is 4.90. The molecule has 166 valence electrons. The third kappa shape index (κ3) is 3.58. The molecule has 10 nitrogen and oxygen atoms in total. The molecule has 5 aromatic rings. The Morgan fingerprint density at radius 2 is 1.79 bits per heavy atom. The highest BCUT2D eigenvalue weighted by atomic mass is 19.4. The molecule has 0 aliphatic heterocycles. The van der Waals surface area contributed by atoms with Crippen LogP contribution in [-0.2, 0) is 6.18 Å². The Hall–Kier alpha value is -4.55. The van der Waals surface area contributed by atoms with Crippen LogP contribution in [0.4, 0.5) is 18.9 Å². The number of carbonyl (C=O) groups is 1. The molecule has 5 aromatic heterocycles. The van der Waals surface area contributed by atoms with Crippen molar-refractivity contribution in [3.63, 3.8) is 0 Å². The van der Waals surface area contributed by atoms with Gasteiger partial charge in [0.05, 0.1) is 41.6 Å². The number of fused-ring (bicyclic) bond motifs is 1. The van der Waals surface area contributed by atoms with Crippen LogP contribution < -0.4 is 5.32 Å². The highest BCUT2D eigenvalue weighted by Gasteiger charge is 2.41. The maximum absolute atomic E-state index is 14.0. The topological polar surface area (TPSA) is 108 Å². The summed E-state index contributed by atoms with van der Waals surface area (Å²) >= 11 is 0. The predicted octanol–water partition coefficient (Wildman–Crippen LogP) is 3.08. The first-order valence-electron chi connectivity index (χ1n) is 9.55. The van der Waals surface area contributed by atoms with Crippen LogP contribution in [0, 0.1) is 6.92 Å². The molecular formula is C20H14F3N9O. The first kappa shape index (κ1) is 20.4. The molecule has 0 unspecified atom stereocenters. The summed E-state index contributed by atoms with van der Waals surface area (Å²) in [5.41, 5.74) is -0.654. The van der Waals surface area contributed by atoms with Crippen LogP contribution in [0.3, 0.4) is 0 Å². The van der Waals surface area contributed by atoms with Gasteiger partial charge in [-0.15, -0.1) is 4.80 Å². The number of aryl methyl sites for hydroxylation is 1. The summed E-state index contributed by atoms with van der Waals surface area (Å²) in [6, 6.07) is 4.83. The molecule has 13 heteroatoms. The number of pyridine rings is 1. The van der Waals surface area contributed by atoms with Crippen molar-refractivity contribution in [2.75, 3.05) is 5.32 Å². The quantitative estimate of drug-likeness (QED) is 0.448. The van der Waals surface area contributed by atoms with Gasteiger partial charge in [-0.1, -0.05) is 0 Å². The molecule has 0 bridgehead atoms. The molecule has 0 aliphatic rings. The van der Waals surface area contributed by atoms with Crippen molar-refractivity contribution in [2.24, 2.45) is 0 Å². The normalized spacial score (nSPS) is 11.8. The van der Waals surface area contributed by atoms with Crippen molar-refractivity contribution >= 4 is 17.1 Å². The summed E-state index contributed by atoms with van der Waals surface area (Å²) in [7, 11) is 0. The number of amides is 1. The van der Waals surface area contributed by atoms with Crippen molar-refractivity contribution in [1.29, 1.82) is 0 Å². The number of halogens is 3. The van der Waals surface area contributed by atoms with E-state index in [4.69, 9.17) is 0 Å². The molecule has 1 amide bonds. The third-order valence-electron chi connectivity index (χ3n) is 4.83. The average molecular weight is 453 g/mol. The smallest absolute Gasteiger partial charge is 0.320 e. The van der Waals surface area contributed by atoms with Crippen molar-refractivity contribution in [3.05, 3.63) is 78.4 Å². The van der Waals surface area contributed by atoms with E-state index in [9.17, 15) is 18.0 Å². The number of aromatic nitrogens is 8. The number of anilines is 1. The Bertz CT molecular complexity index is 1470. The van der Waals surface area contributed by atoms with Gasteiger partial charge in [0.25, 0.3) is 5.91 Å². The zero-order valence-corrected chi connectivity index (χ0v) is 16.9. The number of rotatable bonds is 4. The second kappa shape index (κ2) is 7.55. The summed E-state index contributed by atoms with van der Waals surface area (Å²) < 4.78 is 44.3. The van der Waals surface area contributed by atoms with E-state index >= 15 is 0 Å². The number of hydrogen-bond donors (Lipinski definition) is 1. The van der Waals surface area contributed by atoms with Crippen LogP contribution in [0.5, 0.6) is 0 Å². The van der Waals surface area contributed by atoms with Crippen molar-refractivity contribution in [3.8, 4) is 11.6 Å². The fraction of sp³-hybridized carbons (Fsp3) is 0.100. The molecule has 0 fully saturated rings. The summed E-state index contributed by atoms with van der Waals surface area (Å²) in [4.78, 5) is 22.3. The number of hydrogen-bond acceptors (Lipinski definition) is 6. The molecule has 0 saturated heterocycles.